The Morgan fingerprint density at radius 1 is 1.15 bits per heavy atom. The molecule has 0 amide bonds. The molecule has 0 bridgehead atoms. The first-order valence-electron chi connectivity index (χ1n) is 8.90. The average Bonchev–Trinajstić information content (AvgIpc) is 3.16. The second-order valence-electron chi connectivity index (χ2n) is 8.36. The highest BCUT2D eigenvalue weighted by molar-refractivity contribution is 5.04. The third kappa shape index (κ3) is 4.46. The van der Waals surface area contributed by atoms with Crippen molar-refractivity contribution in [2.45, 2.75) is 78.3 Å². The van der Waals surface area contributed by atoms with Gasteiger partial charge in [-0.3, -0.25) is 4.90 Å². The molecule has 1 aliphatic carbocycles. The van der Waals surface area contributed by atoms with E-state index in [4.69, 9.17) is 0 Å². The fourth-order valence-corrected chi connectivity index (χ4v) is 3.82. The molecule has 0 spiro atoms. The second kappa shape index (κ2) is 6.79. The summed E-state index contributed by atoms with van der Waals surface area (Å²) in [7, 11) is 0. The van der Waals surface area contributed by atoms with Crippen molar-refractivity contribution >= 4 is 0 Å². The Hall–Kier alpha value is -0.0800. The molecule has 0 radical (unpaired) electrons. The van der Waals surface area contributed by atoms with E-state index in [0.717, 1.165) is 23.8 Å². The van der Waals surface area contributed by atoms with E-state index in [1.54, 1.807) is 0 Å². The van der Waals surface area contributed by atoms with Gasteiger partial charge in [0.25, 0.3) is 0 Å². The van der Waals surface area contributed by atoms with Crippen LogP contribution in [0.3, 0.4) is 0 Å². The quantitative estimate of drug-likeness (QED) is 0.760. The van der Waals surface area contributed by atoms with Crippen LogP contribution in [0.1, 0.15) is 66.7 Å². The van der Waals surface area contributed by atoms with Gasteiger partial charge in [-0.05, 0) is 63.3 Å². The predicted molar refractivity (Wildman–Crippen MR) is 88.0 cm³/mol. The van der Waals surface area contributed by atoms with E-state index in [1.807, 2.05) is 0 Å². The minimum absolute atomic E-state index is 0.394. The van der Waals surface area contributed by atoms with Crippen molar-refractivity contribution in [3.63, 3.8) is 0 Å². The normalized spacial score (nSPS) is 32.2. The van der Waals surface area contributed by atoms with Gasteiger partial charge < -0.3 is 5.32 Å². The topological polar surface area (TPSA) is 15.3 Å². The molecule has 1 saturated carbocycles. The van der Waals surface area contributed by atoms with Crippen molar-refractivity contribution in [3.8, 4) is 0 Å². The van der Waals surface area contributed by atoms with Crippen LogP contribution in [0.15, 0.2) is 0 Å². The minimum atomic E-state index is 0.394. The molecule has 1 N–H and O–H groups in total. The van der Waals surface area contributed by atoms with E-state index in [1.165, 1.54) is 51.7 Å². The summed E-state index contributed by atoms with van der Waals surface area (Å²) in [5.74, 6) is 2.59. The molecule has 2 heteroatoms. The lowest BCUT2D eigenvalue weighted by molar-refractivity contribution is 0.0623. The Bertz CT molecular complexity index is 296. The first-order chi connectivity index (χ1) is 9.40. The smallest absolute Gasteiger partial charge is 0.0309 e. The van der Waals surface area contributed by atoms with E-state index in [2.05, 4.69) is 44.8 Å². The van der Waals surface area contributed by atoms with Crippen LogP contribution in [0.4, 0.5) is 0 Å². The Morgan fingerprint density at radius 3 is 2.40 bits per heavy atom. The highest BCUT2D eigenvalue weighted by Gasteiger charge is 2.45. The number of piperazine rings is 1. The highest BCUT2D eigenvalue weighted by atomic mass is 15.3. The lowest BCUT2D eigenvalue weighted by atomic mass is 9.88. The Morgan fingerprint density at radius 2 is 1.85 bits per heavy atom. The van der Waals surface area contributed by atoms with E-state index in [-0.39, 0.29) is 0 Å². The molecule has 0 aromatic carbocycles. The van der Waals surface area contributed by atoms with Crippen molar-refractivity contribution in [2.75, 3.05) is 19.6 Å². The largest absolute Gasteiger partial charge is 0.308 e. The zero-order chi connectivity index (χ0) is 14.8. The molecule has 2 nitrogen and oxygen atoms in total. The minimum Gasteiger partial charge on any atom is -0.308 e. The van der Waals surface area contributed by atoms with Gasteiger partial charge in [0, 0.05) is 24.7 Å². The maximum absolute atomic E-state index is 3.90. The molecule has 2 aliphatic rings. The van der Waals surface area contributed by atoms with Gasteiger partial charge in [0.1, 0.15) is 0 Å². The second-order valence-corrected chi connectivity index (χ2v) is 8.36. The predicted octanol–water partition coefficient (Wildman–Crippen LogP) is 3.91. The lowest BCUT2D eigenvalue weighted by Gasteiger charge is -2.47. The van der Waals surface area contributed by atoms with Crippen LogP contribution in [0.2, 0.25) is 0 Å². The fraction of sp³-hybridized carbons (Fsp3) is 1.00. The van der Waals surface area contributed by atoms with Crippen LogP contribution in [0.25, 0.3) is 0 Å². The molecule has 1 heterocycles. The van der Waals surface area contributed by atoms with E-state index in [9.17, 15) is 0 Å². The van der Waals surface area contributed by atoms with Gasteiger partial charge in [-0.1, -0.05) is 27.7 Å². The van der Waals surface area contributed by atoms with Crippen LogP contribution in [-0.2, 0) is 0 Å². The van der Waals surface area contributed by atoms with Gasteiger partial charge in [0.15, 0.2) is 0 Å². The van der Waals surface area contributed by atoms with E-state index in [0.29, 0.717) is 5.54 Å². The molecular weight excluding hydrogens is 244 g/mol. The summed E-state index contributed by atoms with van der Waals surface area (Å²) >= 11 is 0. The SMILES string of the molecule is CC(C)CCCN1CC(C)(C2CC2)NCC1CC(C)C. The van der Waals surface area contributed by atoms with Gasteiger partial charge in [-0.25, -0.2) is 0 Å². The molecule has 0 aromatic rings. The molecular formula is C18H36N2. The number of hydrogen-bond donors (Lipinski definition) is 1. The summed E-state index contributed by atoms with van der Waals surface area (Å²) in [6.45, 7) is 15.7. The molecule has 118 valence electrons. The maximum Gasteiger partial charge on any atom is 0.0309 e. The summed E-state index contributed by atoms with van der Waals surface area (Å²) < 4.78 is 0. The molecule has 1 aliphatic heterocycles. The zero-order valence-corrected chi connectivity index (χ0v) is 14.4. The number of nitrogens with zero attached hydrogens (tertiary/aromatic N) is 1. The van der Waals surface area contributed by atoms with Crippen LogP contribution in [0.5, 0.6) is 0 Å². The fourth-order valence-electron chi connectivity index (χ4n) is 3.82. The van der Waals surface area contributed by atoms with Crippen molar-refractivity contribution in [3.05, 3.63) is 0 Å². The monoisotopic (exact) mass is 280 g/mol. The molecule has 20 heavy (non-hydrogen) atoms. The number of hydrogen-bond acceptors (Lipinski definition) is 2. The first-order valence-corrected chi connectivity index (χ1v) is 8.90. The van der Waals surface area contributed by atoms with Crippen LogP contribution in [0, 0.1) is 17.8 Å². The lowest BCUT2D eigenvalue weighted by Crippen LogP contribution is -2.64. The summed E-state index contributed by atoms with van der Waals surface area (Å²) in [6, 6.07) is 0.758. The van der Waals surface area contributed by atoms with Crippen molar-refractivity contribution in [1.29, 1.82) is 0 Å². The highest BCUT2D eigenvalue weighted by Crippen LogP contribution is 2.41. The molecule has 0 aromatic heterocycles. The van der Waals surface area contributed by atoms with Crippen LogP contribution < -0.4 is 5.32 Å². The van der Waals surface area contributed by atoms with Gasteiger partial charge in [0.05, 0.1) is 0 Å². The molecule has 2 atom stereocenters. The summed E-state index contributed by atoms with van der Waals surface area (Å²) in [6.07, 6.45) is 6.97. The average molecular weight is 280 g/mol. The standard InChI is InChI=1S/C18H36N2/c1-14(2)7-6-10-20-13-18(5,16-8-9-16)19-12-17(20)11-15(3)4/h14-17,19H,6-13H2,1-5H3. The van der Waals surface area contributed by atoms with Gasteiger partial charge in [-0.2, -0.15) is 0 Å². The van der Waals surface area contributed by atoms with Crippen LogP contribution >= 0.6 is 0 Å². The third-order valence-electron chi connectivity index (χ3n) is 5.24. The van der Waals surface area contributed by atoms with Crippen molar-refractivity contribution in [2.24, 2.45) is 17.8 Å². The number of rotatable bonds is 7. The summed E-state index contributed by atoms with van der Waals surface area (Å²) in [4.78, 5) is 2.82. The van der Waals surface area contributed by atoms with E-state index >= 15 is 0 Å². The molecule has 2 unspecified atom stereocenters. The first kappa shape index (κ1) is 16.3. The Labute approximate surface area is 126 Å². The van der Waals surface area contributed by atoms with E-state index < -0.39 is 0 Å². The molecule has 2 rings (SSSR count). The van der Waals surface area contributed by atoms with Gasteiger partial charge in [0.2, 0.25) is 0 Å². The van der Waals surface area contributed by atoms with Gasteiger partial charge in [-0.15, -0.1) is 0 Å². The molecule has 1 saturated heterocycles. The summed E-state index contributed by atoms with van der Waals surface area (Å²) in [5, 5.41) is 3.90. The summed E-state index contributed by atoms with van der Waals surface area (Å²) in [5.41, 5.74) is 0.394. The Kier molecular flexibility index (Phi) is 5.53. The number of nitrogens with one attached hydrogen (secondary N) is 1. The van der Waals surface area contributed by atoms with Crippen molar-refractivity contribution < 1.29 is 0 Å². The van der Waals surface area contributed by atoms with Crippen LogP contribution in [-0.4, -0.2) is 36.1 Å². The maximum atomic E-state index is 3.90. The third-order valence-corrected chi connectivity index (χ3v) is 5.24. The zero-order valence-electron chi connectivity index (χ0n) is 14.4. The van der Waals surface area contributed by atoms with Gasteiger partial charge >= 0.3 is 0 Å². The molecule has 2 fully saturated rings. The van der Waals surface area contributed by atoms with Crippen molar-refractivity contribution in [1.82, 2.24) is 10.2 Å². The Balaban J connectivity index is 1.91.